The number of para-hydroxylation sites is 3. The Hall–Kier alpha value is -14.8. The number of carbonyl (C=O) groups is 6. The van der Waals surface area contributed by atoms with E-state index >= 15 is 0 Å². The second kappa shape index (κ2) is 62.6. The Labute approximate surface area is 796 Å². The molecule has 53 heteroatoms. The third-order valence-electron chi connectivity index (χ3n) is 15.1. The third kappa shape index (κ3) is 53.7. The van der Waals surface area contributed by atoms with Crippen LogP contribution in [0.15, 0.2) is 143 Å². The van der Waals surface area contributed by atoms with Crippen molar-refractivity contribution in [1.82, 2.24) is 55.8 Å². The Kier molecular flexibility index (Phi) is 54.9. The number of hydrogen-bond donors (Lipinski definition) is 11. The Balaban J connectivity index is 0.000000813. The van der Waals surface area contributed by atoms with E-state index in [-0.39, 0.29) is 128 Å². The summed E-state index contributed by atoms with van der Waals surface area (Å²) in [7, 11) is 1.13. The van der Waals surface area contributed by atoms with Crippen LogP contribution in [0.1, 0.15) is 132 Å². The van der Waals surface area contributed by atoms with Gasteiger partial charge >= 0.3 is 49.1 Å². The molecule has 0 unspecified atom stereocenters. The lowest BCUT2D eigenvalue weighted by Gasteiger charge is -2.30. The van der Waals surface area contributed by atoms with Gasteiger partial charge in [0, 0.05) is 67.3 Å². The fraction of sp³-hybridized carbons (Fsp3) is 0.349. The lowest BCUT2D eigenvalue weighted by atomic mass is 9.86. The van der Waals surface area contributed by atoms with Crippen LogP contribution >= 0.6 is 58.0 Å². The first-order valence-corrected chi connectivity index (χ1v) is 41.0. The van der Waals surface area contributed by atoms with Crippen LogP contribution in [0.4, 0.5) is 82.1 Å². The summed E-state index contributed by atoms with van der Waals surface area (Å²) in [6, 6.07) is 35.1. The number of anilines is 4. The number of halogens is 14. The second-order valence-corrected chi connectivity index (χ2v) is 29.4. The summed E-state index contributed by atoms with van der Waals surface area (Å²) in [5.74, 6) is -1.46. The quantitative estimate of drug-likeness (QED) is 0.00465. The van der Waals surface area contributed by atoms with Gasteiger partial charge in [0.1, 0.15) is 99.6 Å². The topological polar surface area (TPSA) is 598 Å². The number of amides is 6. The zero-order valence-corrected chi connectivity index (χ0v) is 77.1. The lowest BCUT2D eigenvalue weighted by molar-refractivity contribution is -0.275. The van der Waals surface area contributed by atoms with Crippen LogP contribution < -0.4 is 74.1 Å². The summed E-state index contributed by atoms with van der Waals surface area (Å²) in [5.41, 5.74) is 11.2. The van der Waals surface area contributed by atoms with E-state index in [2.05, 4.69) is 85.2 Å². The monoisotopic (exact) mass is 2010 g/mol. The number of carbonyl (C=O) groups excluding carboxylic acids is 6. The predicted octanol–water partition coefficient (Wildman–Crippen LogP) is 15.9. The van der Waals surface area contributed by atoms with Crippen LogP contribution in [0.25, 0.3) is 0 Å². The van der Waals surface area contributed by atoms with Gasteiger partial charge in [-0.1, -0.05) is 89.9 Å². The van der Waals surface area contributed by atoms with Crippen LogP contribution in [0.5, 0.6) is 17.2 Å². The molecule has 136 heavy (non-hydrogen) atoms. The molecule has 0 radical (unpaired) electrons. The van der Waals surface area contributed by atoms with Gasteiger partial charge in [-0.2, -0.15) is 41.5 Å². The number of hydrogen-bond acceptors (Lipinski definition) is 33. The summed E-state index contributed by atoms with van der Waals surface area (Å²) in [6.07, 6.45) is -7.88. The molecule has 4 heterocycles. The van der Waals surface area contributed by atoms with Crippen LogP contribution in [0.3, 0.4) is 0 Å². The summed E-state index contributed by atoms with van der Waals surface area (Å²) in [5, 5.41) is 69.5. The Bertz CT molecular complexity index is 5590. The number of nitrogens with one attached hydrogen (secondary N) is 9. The first-order valence-electron chi connectivity index (χ1n) is 38.8. The van der Waals surface area contributed by atoms with Crippen molar-refractivity contribution < 1.29 is 106 Å². The number of imide groups is 2. The molecule has 0 aliphatic heterocycles. The average Bonchev–Trinajstić information content (AvgIpc) is 0.832. The number of ether oxygens (including phenoxy) is 8. The van der Waals surface area contributed by atoms with Crippen molar-refractivity contribution >= 4 is 118 Å². The molecule has 0 bridgehead atoms. The largest absolute Gasteiger partial charge is 0.573 e. The van der Waals surface area contributed by atoms with E-state index in [0.717, 1.165) is 50.8 Å². The zero-order valence-electron chi connectivity index (χ0n) is 73.3. The molecular formula is C83H89Cl5F9N23O16. The average molecular weight is 2010 g/mol. The lowest BCUT2D eigenvalue weighted by Crippen LogP contribution is -2.41. The van der Waals surface area contributed by atoms with Crippen LogP contribution in [-0.4, -0.2) is 145 Å². The smallest absolute Gasteiger partial charge is 0.500 e. The number of H-pyrrole nitrogens is 2. The molecule has 9 rings (SSSR count). The van der Waals surface area contributed by atoms with Crippen molar-refractivity contribution in [3.05, 3.63) is 215 Å². The van der Waals surface area contributed by atoms with Gasteiger partial charge in [-0.05, 0) is 134 Å². The van der Waals surface area contributed by atoms with E-state index in [1.807, 2.05) is 75.4 Å². The van der Waals surface area contributed by atoms with Crippen molar-refractivity contribution in [3.8, 4) is 53.7 Å². The van der Waals surface area contributed by atoms with E-state index in [1.54, 1.807) is 74.5 Å². The van der Waals surface area contributed by atoms with E-state index < -0.39 is 77.7 Å². The molecule has 13 N–H and O–H groups in total. The molecular weight excluding hydrogens is 1920 g/mol. The highest BCUT2D eigenvalue weighted by atomic mass is 35.5. The van der Waals surface area contributed by atoms with E-state index in [1.165, 1.54) is 73.2 Å². The highest BCUT2D eigenvalue weighted by Gasteiger charge is 2.34. The predicted molar refractivity (Wildman–Crippen MR) is 475 cm³/mol. The number of alkyl carbamates (subject to hydrolysis) is 3. The molecule has 1 aliphatic rings. The highest BCUT2D eigenvalue weighted by molar-refractivity contribution is 6.40. The standard InChI is InChI=1S/C25H31F3N6O3.C13H8ClF3N4O.C12H18N2O2.C9H12N2O4.C8H8F3NO.C5HCl2N3.C5H3N3O2.C5H6N2O3.CH2Cl2/c1-24(2,3)37-23(35)33-19-10-8-16(9-11-19)13-30-21-18(12-29)15-32-22(34-21)31-14-17-6-4-5-7-20(17)36-25(26,27)28;14-11-9(5-18)7-20-12(21-11)19-6-8-3-1-2-4-10(8)22-13(15,16)17;1-12(2,3)16-11(15)14-10-6-4-9(8-13)5-7-10;1-3-14-6-7(5-10)8(12)11-9(13)15-4-2;9-8(10,11)13-7-4-2-1-3-6(7)5-12;6-4-3(1-8)2-9-5(7)10-4;6-1-3-2-7-5(10)8-4(3)9;1-10-5(9)7-4(8)2-3-6;2-1-3/h4-7,15-16,19H,8-11,13-14H2,1-3H3,(H,33,35)(H2,30,31,32,34);1-4,7H,6H2,(H,19,20,21);4-7H,8,13H2,1-3H3,(H,14,15);6H,3-4H2,1-2H3,(H,11,12,13);1-4H,5,12H2;2H;2H,(H2,7,8,9,10);2H2,1H3,(H,7,8,9);1H2/b;;;7-6+;;;;;. The van der Waals surface area contributed by atoms with Crippen molar-refractivity contribution in [1.29, 1.82) is 31.6 Å². The van der Waals surface area contributed by atoms with Crippen molar-refractivity contribution in [2.75, 3.05) is 53.5 Å². The summed E-state index contributed by atoms with van der Waals surface area (Å²) >= 11 is 26.1. The molecule has 8 aromatic rings. The molecule has 4 aromatic carbocycles. The summed E-state index contributed by atoms with van der Waals surface area (Å²) in [6.45, 7) is 15.8. The number of nitriles is 6. The maximum Gasteiger partial charge on any atom is 0.573 e. The van der Waals surface area contributed by atoms with E-state index in [0.29, 0.717) is 42.7 Å². The fourth-order valence-corrected chi connectivity index (χ4v) is 9.90. The number of benzene rings is 4. The van der Waals surface area contributed by atoms with Gasteiger partial charge in [0.25, 0.3) is 11.5 Å². The number of aromatic amines is 2. The first-order chi connectivity index (χ1) is 64.0. The van der Waals surface area contributed by atoms with E-state index in [9.17, 15) is 83.1 Å². The Morgan fingerprint density at radius 2 is 1.02 bits per heavy atom. The number of aromatic nitrogens is 8. The fourth-order valence-electron chi connectivity index (χ4n) is 9.38. The summed E-state index contributed by atoms with van der Waals surface area (Å²) < 4.78 is 146. The maximum absolute atomic E-state index is 12.7. The van der Waals surface area contributed by atoms with Crippen molar-refractivity contribution in [2.24, 2.45) is 17.4 Å². The molecule has 1 fully saturated rings. The number of alkyl halides is 11. The molecule has 4 aromatic heterocycles. The number of nitrogens with two attached hydrogens (primary N) is 2. The number of rotatable bonds is 21. The van der Waals surface area contributed by atoms with Gasteiger partial charge in [0.15, 0.2) is 15.9 Å². The minimum absolute atomic E-state index is 0.00547. The minimum atomic E-state index is -4.80. The molecule has 39 nitrogen and oxygen atoms in total. The van der Waals surface area contributed by atoms with Gasteiger partial charge in [-0.3, -0.25) is 35.3 Å². The molecule has 730 valence electrons. The SMILES string of the molecule is CC(C)(C)OC(=O)NC1CCC(CNc2nc(NCc3ccccc3OC(F)(F)F)ncc2C#N)CC1.CC(C)(C)OC(=O)Nc1ccc(CN)cc1.CCO/C=C(\C#N)C(=O)NC(=O)OCC.COC(=O)NC(=O)CC#N.ClCCl.N#Cc1c[nH]c(=O)[nH]c1=O.N#Cc1cnc(Cl)nc1Cl.N#Cc1cnc(NCc2ccccc2OC(F)(F)F)nc1Cl.NCc1ccccc1OC(F)(F)F. The van der Waals surface area contributed by atoms with Gasteiger partial charge < -0.3 is 75.6 Å². The van der Waals surface area contributed by atoms with E-state index in [4.69, 9.17) is 110 Å². The molecule has 1 aliphatic carbocycles. The van der Waals surface area contributed by atoms with Crippen molar-refractivity contribution in [2.45, 2.75) is 150 Å². The van der Waals surface area contributed by atoms with Crippen LogP contribution in [0.2, 0.25) is 15.6 Å². The van der Waals surface area contributed by atoms with Crippen LogP contribution in [-0.2, 0) is 59.5 Å². The molecule has 0 saturated heterocycles. The molecule has 0 spiro atoms. The molecule has 0 atom stereocenters. The maximum atomic E-state index is 12.7. The number of nitrogens with zero attached hydrogens (tertiary/aromatic N) is 12. The van der Waals surface area contributed by atoms with Crippen LogP contribution in [0, 0.1) is 73.9 Å². The highest BCUT2D eigenvalue weighted by Crippen LogP contribution is 2.31. The Morgan fingerprint density at radius 1 is 0.559 bits per heavy atom. The van der Waals surface area contributed by atoms with Gasteiger partial charge in [0.2, 0.25) is 23.1 Å². The zero-order chi connectivity index (χ0) is 103. The number of methoxy groups -OCH3 is 1. The second-order valence-electron chi connectivity index (χ2n) is 27.5. The third-order valence-corrected chi connectivity index (χ3v) is 15.8. The van der Waals surface area contributed by atoms with Gasteiger partial charge in [-0.25, -0.2) is 43.9 Å². The Morgan fingerprint density at radius 3 is 1.45 bits per heavy atom. The van der Waals surface area contributed by atoms with Crippen molar-refractivity contribution in [3.63, 3.8) is 0 Å². The normalized spacial score (nSPS) is 12.1. The molecule has 1 saturated carbocycles. The van der Waals surface area contributed by atoms with Gasteiger partial charge in [-0.15, -0.1) is 62.7 Å². The summed E-state index contributed by atoms with van der Waals surface area (Å²) in [4.78, 5) is 114. The minimum Gasteiger partial charge on any atom is -0.500 e. The first kappa shape index (κ1) is 119. The molecule has 6 amide bonds. The van der Waals surface area contributed by atoms with Gasteiger partial charge in [0.05, 0.1) is 50.3 Å².